The van der Waals surface area contributed by atoms with E-state index < -0.39 is 0 Å². The number of amides is 1. The number of nitrogens with zero attached hydrogens (tertiary/aromatic N) is 1. The van der Waals surface area contributed by atoms with Crippen molar-refractivity contribution in [1.82, 2.24) is 0 Å². The molecule has 0 saturated carbocycles. The van der Waals surface area contributed by atoms with Crippen LogP contribution < -0.4 is 14.4 Å². The van der Waals surface area contributed by atoms with E-state index in [1.54, 1.807) is 14.2 Å². The molecular formula is C23H25NO3. The zero-order chi connectivity index (χ0) is 19.2. The highest BCUT2D eigenvalue weighted by Crippen LogP contribution is 2.28. The third-order valence-electron chi connectivity index (χ3n) is 4.71. The molecule has 0 bridgehead atoms. The molecular weight excluding hydrogens is 338 g/mol. The van der Waals surface area contributed by atoms with E-state index in [0.717, 1.165) is 33.5 Å². The number of carbonyl (C=O) groups excluding carboxylic acids is 1. The minimum atomic E-state index is 0.107. The quantitative estimate of drug-likeness (QED) is 0.603. The predicted octanol–water partition coefficient (Wildman–Crippen LogP) is 4.84. The van der Waals surface area contributed by atoms with Gasteiger partial charge in [-0.05, 0) is 42.5 Å². The van der Waals surface area contributed by atoms with Crippen molar-refractivity contribution >= 4 is 22.4 Å². The van der Waals surface area contributed by atoms with E-state index in [-0.39, 0.29) is 5.91 Å². The Bertz CT molecular complexity index is 908. The highest BCUT2D eigenvalue weighted by molar-refractivity contribution is 6.03. The van der Waals surface area contributed by atoms with Gasteiger partial charge in [0.2, 0.25) is 5.91 Å². The highest BCUT2D eigenvalue weighted by atomic mass is 16.5. The number of ether oxygens (including phenoxy) is 2. The SMILES string of the molecule is CCN(C(=O)CCc1cc(OC)cc(OC)c1)c1cccc2ccccc12. The van der Waals surface area contributed by atoms with Gasteiger partial charge in [0.15, 0.2) is 0 Å². The molecule has 0 aliphatic heterocycles. The maximum Gasteiger partial charge on any atom is 0.227 e. The lowest BCUT2D eigenvalue weighted by Crippen LogP contribution is -2.31. The van der Waals surface area contributed by atoms with Crippen LogP contribution in [0.2, 0.25) is 0 Å². The normalized spacial score (nSPS) is 10.6. The fourth-order valence-corrected chi connectivity index (χ4v) is 3.32. The molecule has 3 aromatic carbocycles. The molecule has 0 saturated heterocycles. The molecule has 0 unspecified atom stereocenters. The van der Waals surface area contributed by atoms with E-state index in [4.69, 9.17) is 9.47 Å². The molecule has 3 rings (SSSR count). The zero-order valence-corrected chi connectivity index (χ0v) is 16.1. The second kappa shape index (κ2) is 8.58. The molecule has 4 nitrogen and oxygen atoms in total. The third kappa shape index (κ3) is 4.22. The van der Waals surface area contributed by atoms with E-state index in [1.165, 1.54) is 0 Å². The minimum absolute atomic E-state index is 0.107. The van der Waals surface area contributed by atoms with Gasteiger partial charge in [0.1, 0.15) is 11.5 Å². The van der Waals surface area contributed by atoms with Crippen molar-refractivity contribution < 1.29 is 14.3 Å². The van der Waals surface area contributed by atoms with Gasteiger partial charge >= 0.3 is 0 Å². The Balaban J connectivity index is 1.80. The van der Waals surface area contributed by atoms with E-state index >= 15 is 0 Å². The number of hydrogen-bond acceptors (Lipinski definition) is 3. The topological polar surface area (TPSA) is 38.8 Å². The van der Waals surface area contributed by atoms with Crippen LogP contribution in [0.3, 0.4) is 0 Å². The van der Waals surface area contributed by atoms with Crippen molar-refractivity contribution in [3.05, 3.63) is 66.2 Å². The van der Waals surface area contributed by atoms with Gasteiger partial charge < -0.3 is 14.4 Å². The molecule has 140 valence electrons. The van der Waals surface area contributed by atoms with Crippen molar-refractivity contribution in [2.24, 2.45) is 0 Å². The second-order valence-corrected chi connectivity index (χ2v) is 6.36. The Morgan fingerprint density at radius 3 is 2.26 bits per heavy atom. The number of aryl methyl sites for hydroxylation is 1. The van der Waals surface area contributed by atoms with Gasteiger partial charge in [0, 0.05) is 24.4 Å². The molecule has 27 heavy (non-hydrogen) atoms. The van der Waals surface area contributed by atoms with Crippen molar-refractivity contribution in [2.45, 2.75) is 19.8 Å². The van der Waals surface area contributed by atoms with Crippen LogP contribution in [-0.4, -0.2) is 26.7 Å². The Morgan fingerprint density at radius 1 is 0.926 bits per heavy atom. The summed E-state index contributed by atoms with van der Waals surface area (Å²) in [4.78, 5) is 14.8. The van der Waals surface area contributed by atoms with Crippen LogP contribution in [0.1, 0.15) is 18.9 Å². The lowest BCUT2D eigenvalue weighted by molar-refractivity contribution is -0.118. The van der Waals surface area contributed by atoms with Gasteiger partial charge in [-0.15, -0.1) is 0 Å². The summed E-state index contributed by atoms with van der Waals surface area (Å²) in [6.45, 7) is 2.64. The second-order valence-electron chi connectivity index (χ2n) is 6.36. The fourth-order valence-electron chi connectivity index (χ4n) is 3.32. The summed E-state index contributed by atoms with van der Waals surface area (Å²) in [6.07, 6.45) is 1.06. The predicted molar refractivity (Wildman–Crippen MR) is 110 cm³/mol. The van der Waals surface area contributed by atoms with Crippen LogP contribution in [-0.2, 0) is 11.2 Å². The van der Waals surface area contributed by atoms with Crippen molar-refractivity contribution in [1.29, 1.82) is 0 Å². The number of hydrogen-bond donors (Lipinski definition) is 0. The number of fused-ring (bicyclic) bond motifs is 1. The van der Waals surface area contributed by atoms with Crippen LogP contribution in [0.25, 0.3) is 10.8 Å². The van der Waals surface area contributed by atoms with E-state index in [1.807, 2.05) is 54.3 Å². The van der Waals surface area contributed by atoms with Crippen LogP contribution in [0, 0.1) is 0 Å². The fraction of sp³-hybridized carbons (Fsp3) is 0.261. The van der Waals surface area contributed by atoms with Crippen LogP contribution in [0.5, 0.6) is 11.5 Å². The first-order chi connectivity index (χ1) is 13.2. The first-order valence-corrected chi connectivity index (χ1v) is 9.16. The van der Waals surface area contributed by atoms with E-state index in [0.29, 0.717) is 19.4 Å². The van der Waals surface area contributed by atoms with E-state index in [9.17, 15) is 4.79 Å². The molecule has 1 amide bonds. The lowest BCUT2D eigenvalue weighted by atomic mass is 10.1. The van der Waals surface area contributed by atoms with Crippen LogP contribution >= 0.6 is 0 Å². The zero-order valence-electron chi connectivity index (χ0n) is 16.1. The molecule has 0 fully saturated rings. The lowest BCUT2D eigenvalue weighted by Gasteiger charge is -2.23. The van der Waals surface area contributed by atoms with Gasteiger partial charge in [-0.3, -0.25) is 4.79 Å². The molecule has 0 aliphatic carbocycles. The summed E-state index contributed by atoms with van der Waals surface area (Å²) < 4.78 is 10.6. The Hall–Kier alpha value is -3.01. The standard InChI is InChI=1S/C23H25NO3/c1-4-24(22-11-7-9-18-8-5-6-10-21(18)22)23(25)13-12-17-14-19(26-2)16-20(15-17)27-3/h5-11,14-16H,4,12-13H2,1-3H3. The minimum Gasteiger partial charge on any atom is -0.497 e. The summed E-state index contributed by atoms with van der Waals surface area (Å²) in [6, 6.07) is 20.0. The summed E-state index contributed by atoms with van der Waals surface area (Å²) in [5, 5.41) is 2.23. The van der Waals surface area contributed by atoms with Gasteiger partial charge in [0.25, 0.3) is 0 Å². The molecule has 4 heteroatoms. The van der Waals surface area contributed by atoms with Crippen molar-refractivity contribution in [2.75, 3.05) is 25.7 Å². The summed E-state index contributed by atoms with van der Waals surface area (Å²) in [5.41, 5.74) is 1.98. The Labute approximate surface area is 160 Å². The first-order valence-electron chi connectivity index (χ1n) is 9.16. The molecule has 3 aromatic rings. The maximum absolute atomic E-state index is 13.0. The molecule has 0 radical (unpaired) electrons. The number of rotatable bonds is 7. The third-order valence-corrected chi connectivity index (χ3v) is 4.71. The van der Waals surface area contributed by atoms with Crippen molar-refractivity contribution in [3.63, 3.8) is 0 Å². The summed E-state index contributed by atoms with van der Waals surface area (Å²) in [5.74, 6) is 1.58. The molecule has 0 aromatic heterocycles. The van der Waals surface area contributed by atoms with Gasteiger partial charge in [-0.25, -0.2) is 0 Å². The number of carbonyl (C=O) groups is 1. The maximum atomic E-state index is 13.0. The van der Waals surface area contributed by atoms with Crippen LogP contribution in [0.15, 0.2) is 60.7 Å². The van der Waals surface area contributed by atoms with Gasteiger partial charge in [0.05, 0.1) is 19.9 Å². The Morgan fingerprint density at radius 2 is 1.59 bits per heavy atom. The first kappa shape index (κ1) is 18.8. The average Bonchev–Trinajstić information content (AvgIpc) is 2.72. The largest absolute Gasteiger partial charge is 0.497 e. The highest BCUT2D eigenvalue weighted by Gasteiger charge is 2.16. The van der Waals surface area contributed by atoms with Gasteiger partial charge in [-0.1, -0.05) is 36.4 Å². The Kier molecular flexibility index (Phi) is 5.97. The number of methoxy groups -OCH3 is 2. The average molecular weight is 363 g/mol. The monoisotopic (exact) mass is 363 g/mol. The number of anilines is 1. The molecule has 0 spiro atoms. The van der Waals surface area contributed by atoms with E-state index in [2.05, 4.69) is 18.2 Å². The van der Waals surface area contributed by atoms with Crippen molar-refractivity contribution in [3.8, 4) is 11.5 Å². The van der Waals surface area contributed by atoms with Gasteiger partial charge in [-0.2, -0.15) is 0 Å². The molecule has 0 atom stereocenters. The van der Waals surface area contributed by atoms with Crippen LogP contribution in [0.4, 0.5) is 5.69 Å². The number of benzene rings is 3. The molecule has 0 heterocycles. The molecule has 0 aliphatic rings. The smallest absolute Gasteiger partial charge is 0.227 e. The summed E-state index contributed by atoms with van der Waals surface area (Å²) >= 11 is 0. The summed E-state index contributed by atoms with van der Waals surface area (Å²) in [7, 11) is 3.26. The molecule has 0 N–H and O–H groups in total.